The molecule has 3 aromatic heterocycles. The van der Waals surface area contributed by atoms with E-state index in [9.17, 15) is 15.3 Å². The quantitative estimate of drug-likeness (QED) is 0.103. The van der Waals surface area contributed by atoms with Gasteiger partial charge in [-0.1, -0.05) is 12.5 Å². The van der Waals surface area contributed by atoms with Gasteiger partial charge < -0.3 is 35.8 Å². The molecule has 45 heavy (non-hydrogen) atoms. The van der Waals surface area contributed by atoms with Crippen molar-refractivity contribution in [2.24, 2.45) is 11.8 Å². The molecule has 4 aromatic rings. The molecule has 0 aliphatic heterocycles. The predicted octanol–water partition coefficient (Wildman–Crippen LogP) is 6.40. The summed E-state index contributed by atoms with van der Waals surface area (Å²) in [6.45, 7) is 0.424. The second kappa shape index (κ2) is 14.6. The fourth-order valence-corrected chi connectivity index (χ4v) is 7.79. The maximum absolute atomic E-state index is 11.2. The zero-order valence-electron chi connectivity index (χ0n) is 26.1. The lowest BCUT2D eigenvalue weighted by molar-refractivity contribution is 0.0332. The maximum Gasteiger partial charge on any atom is 0.161 e. The number of hydrogen-bond acceptors (Lipinski definition) is 6. The lowest BCUT2D eigenvalue weighted by Crippen LogP contribution is -2.28. The Labute approximate surface area is 266 Å². The van der Waals surface area contributed by atoms with Gasteiger partial charge in [0.25, 0.3) is 0 Å². The molecule has 1 saturated carbocycles. The van der Waals surface area contributed by atoms with Crippen LogP contribution in [0.15, 0.2) is 67.1 Å². The standard InChI is InChI=1S/C37H48N4O4/c38-37-22-26(12-16-41-37)27(20-29-5-2-15-39-29)14-18-45-36-19-24(7-11-34(36)43)6-9-30(42)23-35(44)28-4-1-3-25-8-10-33-31(13-17-40-33)32(25)21-28/h2,5,7,11-13,15-17,19,22,25,27-28,30,32,35,39-40,42-44H,1,3-4,6,8-10,14,18,20-21,23H2,(H2,38,41). The number of fused-ring (bicyclic) bond motifs is 3. The molecule has 2 aliphatic carbocycles. The van der Waals surface area contributed by atoms with Gasteiger partial charge in [-0.25, -0.2) is 4.98 Å². The van der Waals surface area contributed by atoms with Gasteiger partial charge in [0, 0.05) is 30.0 Å². The largest absolute Gasteiger partial charge is 0.504 e. The number of aliphatic hydroxyl groups is 2. The number of aromatic amines is 2. The summed E-state index contributed by atoms with van der Waals surface area (Å²) in [6.07, 6.45) is 14.5. The Hall–Kier alpha value is -3.75. The summed E-state index contributed by atoms with van der Waals surface area (Å²) in [5, 5.41) is 32.7. The van der Waals surface area contributed by atoms with E-state index in [1.54, 1.807) is 12.3 Å². The highest BCUT2D eigenvalue weighted by molar-refractivity contribution is 5.42. The first-order chi connectivity index (χ1) is 21.9. The topological polar surface area (TPSA) is 140 Å². The molecule has 8 heteroatoms. The van der Waals surface area contributed by atoms with Crippen molar-refractivity contribution < 1.29 is 20.1 Å². The minimum atomic E-state index is -0.590. The van der Waals surface area contributed by atoms with E-state index in [-0.39, 0.29) is 17.6 Å². The maximum atomic E-state index is 11.2. The van der Waals surface area contributed by atoms with Gasteiger partial charge in [-0.05, 0) is 147 Å². The van der Waals surface area contributed by atoms with Crippen LogP contribution in [0.4, 0.5) is 5.82 Å². The number of nitrogens with two attached hydrogens (primary N) is 1. The average molecular weight is 613 g/mol. The summed E-state index contributed by atoms with van der Waals surface area (Å²) in [5.41, 5.74) is 12.0. The van der Waals surface area contributed by atoms with Gasteiger partial charge in [-0.3, -0.25) is 0 Å². The number of phenols is 1. The van der Waals surface area contributed by atoms with Crippen LogP contribution in [0, 0.1) is 11.8 Å². The number of nitrogens with one attached hydrogen (secondary N) is 2. The number of H-pyrrole nitrogens is 2. The average Bonchev–Trinajstić information content (AvgIpc) is 3.69. The molecule has 0 amide bonds. The van der Waals surface area contributed by atoms with Crippen LogP contribution in [0.5, 0.6) is 11.5 Å². The molecule has 1 fully saturated rings. The predicted molar refractivity (Wildman–Crippen MR) is 176 cm³/mol. The molecule has 8 nitrogen and oxygen atoms in total. The zero-order chi connectivity index (χ0) is 31.2. The molecule has 0 bridgehead atoms. The Morgan fingerprint density at radius 1 is 1.00 bits per heavy atom. The normalized spacial score (nSPS) is 21.7. The summed E-state index contributed by atoms with van der Waals surface area (Å²) in [4.78, 5) is 10.8. The molecule has 0 spiro atoms. The summed E-state index contributed by atoms with van der Waals surface area (Å²) < 4.78 is 6.09. The number of aromatic nitrogens is 3. The molecule has 6 atom stereocenters. The van der Waals surface area contributed by atoms with Gasteiger partial charge in [0.2, 0.25) is 0 Å². The summed E-state index contributed by atoms with van der Waals surface area (Å²) in [7, 11) is 0. The smallest absolute Gasteiger partial charge is 0.161 e. The van der Waals surface area contributed by atoms with Gasteiger partial charge in [-0.15, -0.1) is 0 Å². The minimum Gasteiger partial charge on any atom is -0.504 e. The minimum absolute atomic E-state index is 0.101. The van der Waals surface area contributed by atoms with Crippen LogP contribution >= 0.6 is 0 Å². The first-order valence-electron chi connectivity index (χ1n) is 16.7. The Bertz CT molecular complexity index is 1500. The Morgan fingerprint density at radius 3 is 2.76 bits per heavy atom. The number of phenolic OH excluding ortho intramolecular Hbond substituents is 1. The fraction of sp³-hybridized carbons (Fsp3) is 0.486. The van der Waals surface area contributed by atoms with Crippen molar-refractivity contribution in [1.82, 2.24) is 15.0 Å². The lowest BCUT2D eigenvalue weighted by atomic mass is 9.73. The number of pyridine rings is 1. The number of rotatable bonds is 13. The fourth-order valence-electron chi connectivity index (χ4n) is 7.79. The highest BCUT2D eigenvalue weighted by atomic mass is 16.5. The van der Waals surface area contributed by atoms with E-state index in [2.05, 4.69) is 33.3 Å². The first kappa shape index (κ1) is 31.2. The molecular formula is C37H48N4O4. The van der Waals surface area contributed by atoms with Crippen molar-refractivity contribution in [2.45, 2.75) is 94.7 Å². The van der Waals surface area contributed by atoms with Crippen molar-refractivity contribution in [2.75, 3.05) is 12.3 Å². The molecule has 0 saturated heterocycles. The van der Waals surface area contributed by atoms with Gasteiger partial charge in [0.15, 0.2) is 11.5 Å². The van der Waals surface area contributed by atoms with Crippen LogP contribution in [-0.2, 0) is 19.3 Å². The second-order valence-electron chi connectivity index (χ2n) is 13.3. The SMILES string of the molecule is Nc1cc(C(CCOc2cc(CCC(O)CC(O)C3CCCC4CCc5[nH]ccc5C4C3)ccc2O)Cc2ccc[nH]2)ccn1. The number of aryl methyl sites for hydroxylation is 2. The second-order valence-corrected chi connectivity index (χ2v) is 13.3. The Balaban J connectivity index is 1.00. The number of benzene rings is 1. The third-order valence-corrected chi connectivity index (χ3v) is 10.3. The molecule has 1 aromatic carbocycles. The Morgan fingerprint density at radius 2 is 1.91 bits per heavy atom. The monoisotopic (exact) mass is 612 g/mol. The summed E-state index contributed by atoms with van der Waals surface area (Å²) >= 11 is 0. The number of ether oxygens (including phenoxy) is 1. The van der Waals surface area contributed by atoms with Gasteiger partial charge >= 0.3 is 0 Å². The van der Waals surface area contributed by atoms with Crippen LogP contribution in [0.25, 0.3) is 0 Å². The molecular weight excluding hydrogens is 564 g/mol. The van der Waals surface area contributed by atoms with Crippen LogP contribution < -0.4 is 10.5 Å². The van der Waals surface area contributed by atoms with E-state index in [4.69, 9.17) is 10.5 Å². The molecule has 7 N–H and O–H groups in total. The van der Waals surface area contributed by atoms with Gasteiger partial charge in [0.1, 0.15) is 5.82 Å². The Kier molecular flexibility index (Phi) is 10.1. The number of aromatic hydroxyl groups is 1. The van der Waals surface area contributed by atoms with Crippen molar-refractivity contribution in [3.8, 4) is 11.5 Å². The van der Waals surface area contributed by atoms with Crippen LogP contribution in [0.1, 0.15) is 91.3 Å². The van der Waals surface area contributed by atoms with Gasteiger partial charge in [-0.2, -0.15) is 0 Å². The van der Waals surface area contributed by atoms with Crippen molar-refractivity contribution >= 4 is 5.82 Å². The number of hydrogen-bond donors (Lipinski definition) is 6. The zero-order valence-corrected chi connectivity index (χ0v) is 26.1. The van der Waals surface area contributed by atoms with E-state index >= 15 is 0 Å². The van der Waals surface area contributed by atoms with Crippen molar-refractivity contribution in [1.29, 1.82) is 0 Å². The summed E-state index contributed by atoms with van der Waals surface area (Å²) in [5.74, 6) is 2.65. The molecule has 6 unspecified atom stereocenters. The highest BCUT2D eigenvalue weighted by Gasteiger charge is 2.36. The molecule has 3 heterocycles. The van der Waals surface area contributed by atoms with Crippen molar-refractivity contribution in [3.63, 3.8) is 0 Å². The van der Waals surface area contributed by atoms with E-state index in [1.807, 2.05) is 36.5 Å². The molecule has 0 radical (unpaired) electrons. The number of nitrogens with zero attached hydrogens (tertiary/aromatic N) is 1. The lowest BCUT2D eigenvalue weighted by Gasteiger charge is -2.33. The van der Waals surface area contributed by atoms with Crippen LogP contribution in [0.3, 0.4) is 0 Å². The summed E-state index contributed by atoms with van der Waals surface area (Å²) in [6, 6.07) is 15.6. The van der Waals surface area contributed by atoms with Gasteiger partial charge in [0.05, 0.1) is 18.8 Å². The molecule has 6 rings (SSSR count). The van der Waals surface area contributed by atoms with E-state index in [1.165, 1.54) is 24.1 Å². The van der Waals surface area contributed by atoms with E-state index in [0.717, 1.165) is 55.3 Å². The molecule has 240 valence electrons. The van der Waals surface area contributed by atoms with Crippen LogP contribution in [-0.4, -0.2) is 49.1 Å². The number of anilines is 1. The van der Waals surface area contributed by atoms with E-state index < -0.39 is 12.2 Å². The van der Waals surface area contributed by atoms with Crippen molar-refractivity contribution in [3.05, 3.63) is 95.2 Å². The van der Waals surface area contributed by atoms with E-state index in [0.29, 0.717) is 49.3 Å². The first-order valence-corrected chi connectivity index (χ1v) is 16.7. The third-order valence-electron chi connectivity index (χ3n) is 10.3. The van der Waals surface area contributed by atoms with Crippen LogP contribution in [0.2, 0.25) is 0 Å². The molecule has 2 aliphatic rings. The number of nitrogen functional groups attached to an aromatic ring is 1. The highest BCUT2D eigenvalue weighted by Crippen LogP contribution is 2.46. The third kappa shape index (κ3) is 7.92. The number of aliphatic hydroxyl groups excluding tert-OH is 2.